The summed E-state index contributed by atoms with van der Waals surface area (Å²) < 4.78 is 10.3. The van der Waals surface area contributed by atoms with Gasteiger partial charge < -0.3 is 19.5 Å². The Balaban J connectivity index is 1.95. The van der Waals surface area contributed by atoms with Crippen molar-refractivity contribution in [1.29, 1.82) is 0 Å². The molecule has 2 rings (SSSR count). The van der Waals surface area contributed by atoms with Gasteiger partial charge in [-0.15, -0.1) is 0 Å². The minimum atomic E-state index is -0.800. The van der Waals surface area contributed by atoms with E-state index in [1.54, 1.807) is 11.8 Å². The number of rotatable bonds is 2. The van der Waals surface area contributed by atoms with Crippen molar-refractivity contribution >= 4 is 11.9 Å². The Bertz CT molecular complexity index is 382. The first-order valence-electron chi connectivity index (χ1n) is 6.00. The summed E-state index contributed by atoms with van der Waals surface area (Å²) >= 11 is 0. The number of carboxylic acid groups (broad SMARTS) is 1. The summed E-state index contributed by atoms with van der Waals surface area (Å²) in [6.07, 6.45) is 2.25. The van der Waals surface area contributed by atoms with Crippen LogP contribution in [-0.2, 0) is 19.1 Å². The Labute approximate surface area is 105 Å². The predicted octanol–water partition coefficient (Wildman–Crippen LogP) is 0.588. The van der Waals surface area contributed by atoms with Crippen molar-refractivity contribution in [1.82, 2.24) is 4.90 Å². The van der Waals surface area contributed by atoms with Gasteiger partial charge in [-0.3, -0.25) is 9.59 Å². The molecule has 0 aromatic rings. The van der Waals surface area contributed by atoms with Crippen LogP contribution in [0.25, 0.3) is 0 Å². The molecule has 0 atom stereocenters. The molecule has 6 nitrogen and oxygen atoms in total. The maximum Gasteiger partial charge on any atom is 0.309 e. The molecule has 0 radical (unpaired) electrons. The Kier molecular flexibility index (Phi) is 3.45. The van der Waals surface area contributed by atoms with Crippen LogP contribution in [0.2, 0.25) is 0 Å². The average Bonchev–Trinajstić information content (AvgIpc) is 2.40. The van der Waals surface area contributed by atoms with Gasteiger partial charge in [0.25, 0.3) is 5.91 Å². The number of amides is 1. The zero-order chi connectivity index (χ0) is 13.2. The smallest absolute Gasteiger partial charge is 0.309 e. The largest absolute Gasteiger partial charge is 0.494 e. The van der Waals surface area contributed by atoms with E-state index in [0.29, 0.717) is 39.1 Å². The van der Waals surface area contributed by atoms with Crippen LogP contribution in [0.15, 0.2) is 12.0 Å². The fourth-order valence-corrected chi connectivity index (χ4v) is 2.05. The number of likely N-dealkylation sites (tertiary alicyclic amines) is 1. The number of nitrogens with zero attached hydrogens (tertiary/aromatic N) is 1. The number of aliphatic carboxylic acids is 1. The molecular weight excluding hydrogens is 238 g/mol. The molecule has 1 amide bonds. The lowest BCUT2D eigenvalue weighted by molar-refractivity contribution is -0.153. The molecule has 1 saturated heterocycles. The van der Waals surface area contributed by atoms with E-state index in [4.69, 9.17) is 14.6 Å². The summed E-state index contributed by atoms with van der Waals surface area (Å²) in [6, 6.07) is 0. The highest BCUT2D eigenvalue weighted by Gasteiger charge is 2.38. The number of carbonyl (C=O) groups excluding carboxylic acids is 1. The van der Waals surface area contributed by atoms with Crippen LogP contribution in [-0.4, -0.2) is 48.2 Å². The van der Waals surface area contributed by atoms with Gasteiger partial charge in [-0.1, -0.05) is 0 Å². The lowest BCUT2D eigenvalue weighted by Gasteiger charge is -2.36. The first-order valence-corrected chi connectivity index (χ1v) is 6.00. The molecule has 0 unspecified atom stereocenters. The highest BCUT2D eigenvalue weighted by Crippen LogP contribution is 2.31. The summed E-state index contributed by atoms with van der Waals surface area (Å²) in [5, 5.41) is 9.11. The van der Waals surface area contributed by atoms with Crippen molar-refractivity contribution in [3.63, 3.8) is 0 Å². The fourth-order valence-electron chi connectivity index (χ4n) is 2.05. The van der Waals surface area contributed by atoms with Gasteiger partial charge in [-0.2, -0.15) is 0 Å². The first-order chi connectivity index (χ1) is 8.53. The second-order valence-electron chi connectivity index (χ2n) is 4.86. The molecule has 1 N–H and O–H groups in total. The highest BCUT2D eigenvalue weighted by molar-refractivity contribution is 5.91. The molecule has 0 saturated carbocycles. The van der Waals surface area contributed by atoms with E-state index in [9.17, 15) is 9.59 Å². The van der Waals surface area contributed by atoms with E-state index in [1.165, 1.54) is 6.26 Å². The number of hydrogen-bond acceptors (Lipinski definition) is 4. The standard InChI is InChI=1S/C12H17NO5/c1-12(11(15)16)2-4-13(5-3-12)10(14)9-8-17-6-7-18-9/h8H,2-7H2,1H3,(H,15,16). The zero-order valence-electron chi connectivity index (χ0n) is 10.3. The van der Waals surface area contributed by atoms with Crippen molar-refractivity contribution in [3.05, 3.63) is 12.0 Å². The number of carbonyl (C=O) groups is 2. The van der Waals surface area contributed by atoms with Crippen molar-refractivity contribution in [2.75, 3.05) is 26.3 Å². The molecule has 2 aliphatic heterocycles. The summed E-state index contributed by atoms with van der Waals surface area (Å²) in [5.41, 5.74) is -0.727. The molecule has 6 heteroatoms. The molecule has 0 spiro atoms. The van der Waals surface area contributed by atoms with Crippen molar-refractivity contribution in [2.45, 2.75) is 19.8 Å². The number of hydrogen-bond donors (Lipinski definition) is 1. The van der Waals surface area contributed by atoms with Gasteiger partial charge in [-0.05, 0) is 19.8 Å². The van der Waals surface area contributed by atoms with Gasteiger partial charge in [0, 0.05) is 13.1 Å². The fraction of sp³-hybridized carbons (Fsp3) is 0.667. The van der Waals surface area contributed by atoms with Crippen LogP contribution in [0.1, 0.15) is 19.8 Å². The van der Waals surface area contributed by atoms with E-state index in [2.05, 4.69) is 0 Å². The summed E-state index contributed by atoms with van der Waals surface area (Å²) in [4.78, 5) is 24.8. The van der Waals surface area contributed by atoms with E-state index < -0.39 is 11.4 Å². The predicted molar refractivity (Wildman–Crippen MR) is 61.5 cm³/mol. The van der Waals surface area contributed by atoms with E-state index >= 15 is 0 Å². The Hall–Kier alpha value is -1.72. The minimum Gasteiger partial charge on any atom is -0.494 e. The molecule has 0 aromatic carbocycles. The molecular formula is C12H17NO5. The third kappa shape index (κ3) is 2.42. The molecule has 2 aliphatic rings. The second kappa shape index (κ2) is 4.88. The molecule has 2 heterocycles. The summed E-state index contributed by atoms with van der Waals surface area (Å²) in [7, 11) is 0. The second-order valence-corrected chi connectivity index (χ2v) is 4.86. The van der Waals surface area contributed by atoms with Gasteiger partial charge >= 0.3 is 5.97 Å². The normalized spacial score (nSPS) is 22.5. The molecule has 0 aliphatic carbocycles. The maximum atomic E-state index is 12.0. The van der Waals surface area contributed by atoms with Crippen LogP contribution >= 0.6 is 0 Å². The van der Waals surface area contributed by atoms with Gasteiger partial charge in [0.15, 0.2) is 0 Å². The Morgan fingerprint density at radius 2 is 2.00 bits per heavy atom. The molecule has 1 fully saturated rings. The molecule has 100 valence electrons. The monoisotopic (exact) mass is 255 g/mol. The minimum absolute atomic E-state index is 0.208. The molecule has 0 aromatic heterocycles. The lowest BCUT2D eigenvalue weighted by atomic mass is 9.80. The topological polar surface area (TPSA) is 76.1 Å². The van der Waals surface area contributed by atoms with E-state index in [0.717, 1.165) is 0 Å². The Morgan fingerprint density at radius 3 is 2.50 bits per heavy atom. The van der Waals surface area contributed by atoms with Gasteiger partial charge in [0.2, 0.25) is 5.76 Å². The van der Waals surface area contributed by atoms with Crippen LogP contribution in [0.4, 0.5) is 0 Å². The zero-order valence-corrected chi connectivity index (χ0v) is 10.3. The quantitative estimate of drug-likeness (QED) is 0.781. The van der Waals surface area contributed by atoms with E-state index in [1.807, 2.05) is 0 Å². The maximum absolute atomic E-state index is 12.0. The number of piperidine rings is 1. The van der Waals surface area contributed by atoms with Crippen molar-refractivity contribution < 1.29 is 24.2 Å². The van der Waals surface area contributed by atoms with Crippen LogP contribution < -0.4 is 0 Å². The van der Waals surface area contributed by atoms with E-state index in [-0.39, 0.29) is 11.7 Å². The molecule has 0 bridgehead atoms. The van der Waals surface area contributed by atoms with Crippen LogP contribution in [0.5, 0.6) is 0 Å². The van der Waals surface area contributed by atoms with Gasteiger partial charge in [-0.25, -0.2) is 0 Å². The van der Waals surface area contributed by atoms with Crippen molar-refractivity contribution in [2.24, 2.45) is 5.41 Å². The first kappa shape index (κ1) is 12.7. The summed E-state index contributed by atoms with van der Waals surface area (Å²) in [5.74, 6) is -0.812. The third-order valence-corrected chi connectivity index (χ3v) is 3.53. The highest BCUT2D eigenvalue weighted by atomic mass is 16.6. The Morgan fingerprint density at radius 1 is 1.33 bits per heavy atom. The van der Waals surface area contributed by atoms with Gasteiger partial charge in [0.05, 0.1) is 5.41 Å². The lowest BCUT2D eigenvalue weighted by Crippen LogP contribution is -2.46. The third-order valence-electron chi connectivity index (χ3n) is 3.53. The van der Waals surface area contributed by atoms with Crippen LogP contribution in [0.3, 0.4) is 0 Å². The SMILES string of the molecule is CC1(C(=O)O)CCN(C(=O)C2=COCCO2)CC1. The summed E-state index contributed by atoms with van der Waals surface area (Å²) in [6.45, 7) is 3.41. The number of carboxylic acids is 1. The molecule has 18 heavy (non-hydrogen) atoms. The number of ether oxygens (including phenoxy) is 2. The van der Waals surface area contributed by atoms with Crippen LogP contribution in [0, 0.1) is 5.41 Å². The van der Waals surface area contributed by atoms with Crippen molar-refractivity contribution in [3.8, 4) is 0 Å². The average molecular weight is 255 g/mol. The van der Waals surface area contributed by atoms with Gasteiger partial charge in [0.1, 0.15) is 19.5 Å².